The summed E-state index contributed by atoms with van der Waals surface area (Å²) in [5, 5.41) is 0. The summed E-state index contributed by atoms with van der Waals surface area (Å²) < 4.78 is 24.9. The smallest absolute Gasteiger partial charge is 0.250 e. The molecular formula is C7H12F2N. The van der Waals surface area contributed by atoms with Crippen LogP contribution in [0.1, 0.15) is 12.8 Å². The summed E-state index contributed by atoms with van der Waals surface area (Å²) in [6, 6.07) is 0. The van der Waals surface area contributed by atoms with Crippen molar-refractivity contribution >= 4 is 0 Å². The monoisotopic (exact) mass is 148 g/mol. The van der Waals surface area contributed by atoms with Crippen molar-refractivity contribution in [2.24, 2.45) is 0 Å². The molecule has 0 spiro atoms. The molecule has 0 amide bonds. The number of rotatable bonds is 1. The normalized spacial score (nSPS) is 26.7. The summed E-state index contributed by atoms with van der Waals surface area (Å²) in [6.45, 7) is 5.28. The van der Waals surface area contributed by atoms with Crippen molar-refractivity contribution in [3.05, 3.63) is 6.92 Å². The Morgan fingerprint density at radius 3 is 2.20 bits per heavy atom. The molecule has 1 aliphatic heterocycles. The maximum atomic E-state index is 12.5. The highest BCUT2D eigenvalue weighted by molar-refractivity contribution is 4.77. The fourth-order valence-electron chi connectivity index (χ4n) is 1.10. The highest BCUT2D eigenvalue weighted by Crippen LogP contribution is 2.27. The Morgan fingerprint density at radius 1 is 1.30 bits per heavy atom. The van der Waals surface area contributed by atoms with E-state index in [0.29, 0.717) is 19.6 Å². The largest absolute Gasteiger partial charge is 0.303 e. The van der Waals surface area contributed by atoms with Gasteiger partial charge < -0.3 is 4.90 Å². The van der Waals surface area contributed by atoms with Crippen LogP contribution in [0, 0.1) is 6.92 Å². The van der Waals surface area contributed by atoms with E-state index in [-0.39, 0.29) is 12.8 Å². The number of piperidine rings is 1. The Bertz CT molecular complexity index is 104. The first-order valence-corrected chi connectivity index (χ1v) is 3.53. The summed E-state index contributed by atoms with van der Waals surface area (Å²) in [4.78, 5) is 1.94. The maximum absolute atomic E-state index is 12.5. The van der Waals surface area contributed by atoms with Gasteiger partial charge in [0.25, 0.3) is 5.92 Å². The minimum absolute atomic E-state index is 0.00250. The highest BCUT2D eigenvalue weighted by atomic mass is 19.3. The van der Waals surface area contributed by atoms with E-state index in [1.54, 1.807) is 0 Å². The molecule has 1 aliphatic rings. The van der Waals surface area contributed by atoms with Gasteiger partial charge in [0.15, 0.2) is 0 Å². The third-order valence-electron chi connectivity index (χ3n) is 1.90. The van der Waals surface area contributed by atoms with E-state index >= 15 is 0 Å². The second-order valence-electron chi connectivity index (χ2n) is 2.70. The Balaban J connectivity index is 2.31. The van der Waals surface area contributed by atoms with Crippen molar-refractivity contribution in [1.29, 1.82) is 0 Å². The molecule has 1 nitrogen and oxygen atoms in total. The first-order valence-electron chi connectivity index (χ1n) is 3.53. The highest BCUT2D eigenvalue weighted by Gasteiger charge is 2.33. The van der Waals surface area contributed by atoms with Gasteiger partial charge in [-0.3, -0.25) is 0 Å². The fourth-order valence-corrected chi connectivity index (χ4v) is 1.10. The SMILES string of the molecule is [CH2]CN1CCC(F)(F)CC1. The topological polar surface area (TPSA) is 3.24 Å². The number of halogens is 2. The molecular weight excluding hydrogens is 136 g/mol. The van der Waals surface area contributed by atoms with E-state index in [1.165, 1.54) is 0 Å². The van der Waals surface area contributed by atoms with Crippen LogP contribution in [-0.4, -0.2) is 30.5 Å². The van der Waals surface area contributed by atoms with E-state index in [2.05, 4.69) is 6.92 Å². The summed E-state index contributed by atoms with van der Waals surface area (Å²) in [7, 11) is 0. The number of likely N-dealkylation sites (tertiary alicyclic amines) is 1. The number of hydrogen-bond acceptors (Lipinski definition) is 1. The molecule has 0 aromatic heterocycles. The lowest BCUT2D eigenvalue weighted by molar-refractivity contribution is -0.0531. The molecule has 1 saturated heterocycles. The van der Waals surface area contributed by atoms with Gasteiger partial charge in [-0.1, -0.05) is 0 Å². The van der Waals surface area contributed by atoms with Crippen molar-refractivity contribution < 1.29 is 8.78 Å². The van der Waals surface area contributed by atoms with Crippen molar-refractivity contribution in [3.8, 4) is 0 Å². The number of alkyl halides is 2. The first kappa shape index (κ1) is 7.92. The van der Waals surface area contributed by atoms with Crippen LogP contribution in [0.4, 0.5) is 8.78 Å². The van der Waals surface area contributed by atoms with Gasteiger partial charge >= 0.3 is 0 Å². The van der Waals surface area contributed by atoms with Crippen molar-refractivity contribution in [2.75, 3.05) is 19.6 Å². The van der Waals surface area contributed by atoms with E-state index in [0.717, 1.165) is 0 Å². The molecule has 59 valence electrons. The van der Waals surface area contributed by atoms with Gasteiger partial charge in [0.1, 0.15) is 0 Å². The molecule has 3 heteroatoms. The Morgan fingerprint density at radius 2 is 1.80 bits per heavy atom. The third-order valence-corrected chi connectivity index (χ3v) is 1.90. The standard InChI is InChI=1S/C7H12F2N/c1-2-10-5-3-7(8,9)4-6-10/h1-6H2. The predicted molar refractivity (Wildman–Crippen MR) is 36.0 cm³/mol. The molecule has 0 bridgehead atoms. The van der Waals surface area contributed by atoms with Crippen LogP contribution >= 0.6 is 0 Å². The fraction of sp³-hybridized carbons (Fsp3) is 0.857. The van der Waals surface area contributed by atoms with Crippen molar-refractivity contribution in [3.63, 3.8) is 0 Å². The molecule has 0 saturated carbocycles. The second-order valence-corrected chi connectivity index (χ2v) is 2.70. The molecule has 10 heavy (non-hydrogen) atoms. The second kappa shape index (κ2) is 2.82. The first-order chi connectivity index (χ1) is 4.64. The van der Waals surface area contributed by atoms with Gasteiger partial charge in [0, 0.05) is 25.9 Å². The minimum atomic E-state index is -2.41. The van der Waals surface area contributed by atoms with Gasteiger partial charge in [-0.2, -0.15) is 0 Å². The molecule has 1 rings (SSSR count). The van der Waals surface area contributed by atoms with E-state index in [9.17, 15) is 8.78 Å². The quantitative estimate of drug-likeness (QED) is 0.545. The van der Waals surface area contributed by atoms with Gasteiger partial charge in [0.05, 0.1) is 0 Å². The van der Waals surface area contributed by atoms with Gasteiger partial charge in [-0.25, -0.2) is 8.78 Å². The zero-order valence-corrected chi connectivity index (χ0v) is 5.95. The number of nitrogens with zero attached hydrogens (tertiary/aromatic N) is 1. The molecule has 0 aromatic rings. The molecule has 0 unspecified atom stereocenters. The summed E-state index contributed by atoms with van der Waals surface area (Å²) in [5.74, 6) is -2.41. The molecule has 1 radical (unpaired) electrons. The van der Waals surface area contributed by atoms with Crippen LogP contribution in [0.2, 0.25) is 0 Å². The molecule has 0 aromatic carbocycles. The van der Waals surface area contributed by atoms with Gasteiger partial charge in [-0.05, 0) is 13.5 Å². The molecule has 0 N–H and O–H groups in total. The predicted octanol–water partition coefficient (Wildman–Crippen LogP) is 1.55. The Hall–Kier alpha value is -0.180. The average molecular weight is 148 g/mol. The molecule has 0 aliphatic carbocycles. The lowest BCUT2D eigenvalue weighted by Gasteiger charge is -2.30. The van der Waals surface area contributed by atoms with E-state index < -0.39 is 5.92 Å². The lowest BCUT2D eigenvalue weighted by Crippen LogP contribution is -2.39. The van der Waals surface area contributed by atoms with Crippen LogP contribution < -0.4 is 0 Å². The van der Waals surface area contributed by atoms with Crippen molar-refractivity contribution in [2.45, 2.75) is 18.8 Å². The Labute approximate surface area is 60.0 Å². The Kier molecular flexibility index (Phi) is 2.24. The van der Waals surface area contributed by atoms with E-state index in [4.69, 9.17) is 0 Å². The van der Waals surface area contributed by atoms with Gasteiger partial charge in [0.2, 0.25) is 0 Å². The van der Waals surface area contributed by atoms with Crippen LogP contribution in [0.25, 0.3) is 0 Å². The van der Waals surface area contributed by atoms with E-state index in [1.807, 2.05) is 4.90 Å². The van der Waals surface area contributed by atoms with Crippen LogP contribution in [0.15, 0.2) is 0 Å². The average Bonchev–Trinajstić information content (AvgIpc) is 1.88. The summed E-state index contributed by atoms with van der Waals surface area (Å²) in [6.07, 6.45) is 0.00500. The van der Waals surface area contributed by atoms with Gasteiger partial charge in [-0.15, -0.1) is 0 Å². The van der Waals surface area contributed by atoms with Crippen LogP contribution in [-0.2, 0) is 0 Å². The van der Waals surface area contributed by atoms with Crippen LogP contribution in [0.5, 0.6) is 0 Å². The summed E-state index contributed by atoms with van der Waals surface area (Å²) >= 11 is 0. The zero-order chi connectivity index (χ0) is 7.61. The number of hydrogen-bond donors (Lipinski definition) is 0. The molecule has 1 heterocycles. The molecule has 0 atom stereocenters. The third kappa shape index (κ3) is 1.90. The van der Waals surface area contributed by atoms with Crippen LogP contribution in [0.3, 0.4) is 0 Å². The maximum Gasteiger partial charge on any atom is 0.250 e. The lowest BCUT2D eigenvalue weighted by atomic mass is 10.1. The molecule has 1 fully saturated rings. The zero-order valence-electron chi connectivity index (χ0n) is 5.95. The minimum Gasteiger partial charge on any atom is -0.303 e. The van der Waals surface area contributed by atoms with Crippen molar-refractivity contribution in [1.82, 2.24) is 4.90 Å². The summed E-state index contributed by atoms with van der Waals surface area (Å²) in [5.41, 5.74) is 0.